The maximum Gasteiger partial charge on any atom is 0.416 e. The number of sulfonamides is 1. The molecule has 7 nitrogen and oxygen atoms in total. The highest BCUT2D eigenvalue weighted by atomic mass is 35.5. The van der Waals surface area contributed by atoms with Crippen molar-refractivity contribution in [3.05, 3.63) is 62.6 Å². The Hall–Kier alpha value is -2.21. The maximum atomic E-state index is 13.6. The Kier molecular flexibility index (Phi) is 10.1. The first-order chi connectivity index (χ1) is 18.1. The van der Waals surface area contributed by atoms with E-state index >= 15 is 0 Å². The topological polar surface area (TPSA) is 86.8 Å². The number of carbonyl (C=O) groups is 2. The van der Waals surface area contributed by atoms with Crippen molar-refractivity contribution in [2.24, 2.45) is 0 Å². The molecule has 0 spiro atoms. The van der Waals surface area contributed by atoms with Crippen LogP contribution in [0.4, 0.5) is 18.9 Å². The second-order valence-corrected chi connectivity index (χ2v) is 12.5. The predicted molar refractivity (Wildman–Crippen MR) is 146 cm³/mol. The van der Waals surface area contributed by atoms with Crippen molar-refractivity contribution in [2.75, 3.05) is 17.1 Å². The highest BCUT2D eigenvalue weighted by Crippen LogP contribution is 2.36. The highest BCUT2D eigenvalue weighted by Gasteiger charge is 2.35. The molecule has 0 aromatic heterocycles. The molecule has 0 heterocycles. The zero-order chi connectivity index (χ0) is 29.1. The molecule has 0 unspecified atom stereocenters. The van der Waals surface area contributed by atoms with Crippen molar-refractivity contribution >= 4 is 62.3 Å². The first kappa shape index (κ1) is 31.3. The highest BCUT2D eigenvalue weighted by molar-refractivity contribution is 7.92. The summed E-state index contributed by atoms with van der Waals surface area (Å²) in [6, 6.07) is 5.70. The molecule has 0 radical (unpaired) electrons. The Bertz CT molecular complexity index is 1340. The Morgan fingerprint density at radius 2 is 1.64 bits per heavy atom. The molecule has 2 aromatic rings. The quantitative estimate of drug-likeness (QED) is 0.374. The van der Waals surface area contributed by atoms with E-state index in [1.807, 2.05) is 0 Å². The number of carbonyl (C=O) groups excluding carboxylic acids is 2. The van der Waals surface area contributed by atoms with Crippen molar-refractivity contribution < 1.29 is 31.2 Å². The van der Waals surface area contributed by atoms with Crippen LogP contribution in [0.2, 0.25) is 15.1 Å². The van der Waals surface area contributed by atoms with Gasteiger partial charge in [-0.1, -0.05) is 53.7 Å². The van der Waals surface area contributed by atoms with Crippen molar-refractivity contribution in [1.29, 1.82) is 0 Å². The molecule has 1 fully saturated rings. The zero-order valence-electron chi connectivity index (χ0n) is 21.1. The first-order valence-corrected chi connectivity index (χ1v) is 14.9. The standard InChI is InChI=1S/C25H27Cl3F3N3O4S/c1-15(24(36)32-18-5-3-4-6-18)33(13-16-7-9-19(26)21(28)11-16)23(35)14-34(39(2,37)38)22-12-17(25(29,30)31)8-10-20(22)27/h7-12,15,18H,3-6,13-14H2,1-2H3,(H,32,36)/t15-/m0/s1. The number of nitrogens with one attached hydrogen (secondary N) is 1. The number of rotatable bonds is 9. The fraction of sp³-hybridized carbons (Fsp3) is 0.440. The third-order valence-electron chi connectivity index (χ3n) is 6.43. The third kappa shape index (κ3) is 8.15. The van der Waals surface area contributed by atoms with Gasteiger partial charge in [0.05, 0.1) is 32.6 Å². The van der Waals surface area contributed by atoms with Crippen LogP contribution in [0.5, 0.6) is 0 Å². The Morgan fingerprint density at radius 3 is 2.21 bits per heavy atom. The summed E-state index contributed by atoms with van der Waals surface area (Å²) in [4.78, 5) is 27.9. The summed E-state index contributed by atoms with van der Waals surface area (Å²) in [5, 5.41) is 3.09. The molecule has 39 heavy (non-hydrogen) atoms. The first-order valence-electron chi connectivity index (χ1n) is 12.0. The predicted octanol–water partition coefficient (Wildman–Crippen LogP) is 5.91. The van der Waals surface area contributed by atoms with Crippen LogP contribution < -0.4 is 9.62 Å². The van der Waals surface area contributed by atoms with E-state index in [0.717, 1.165) is 42.9 Å². The van der Waals surface area contributed by atoms with Gasteiger partial charge in [-0.3, -0.25) is 13.9 Å². The van der Waals surface area contributed by atoms with Crippen LogP contribution in [0.15, 0.2) is 36.4 Å². The van der Waals surface area contributed by atoms with E-state index in [1.54, 1.807) is 6.07 Å². The lowest BCUT2D eigenvalue weighted by Gasteiger charge is -2.32. The molecule has 2 amide bonds. The molecule has 214 valence electrons. The summed E-state index contributed by atoms with van der Waals surface area (Å²) in [7, 11) is -4.29. The van der Waals surface area contributed by atoms with Crippen molar-refractivity contribution in [2.45, 2.75) is 57.4 Å². The summed E-state index contributed by atoms with van der Waals surface area (Å²) in [5.41, 5.74) is -1.15. The second kappa shape index (κ2) is 12.5. The Labute approximate surface area is 240 Å². The minimum Gasteiger partial charge on any atom is -0.352 e. The van der Waals surface area contributed by atoms with Gasteiger partial charge in [-0.05, 0) is 55.7 Å². The minimum atomic E-state index is -4.78. The van der Waals surface area contributed by atoms with E-state index in [2.05, 4.69) is 5.32 Å². The molecule has 1 aliphatic carbocycles. The molecule has 0 saturated heterocycles. The van der Waals surface area contributed by atoms with Gasteiger partial charge >= 0.3 is 6.18 Å². The average Bonchev–Trinajstić information content (AvgIpc) is 3.34. The number of nitrogens with zero attached hydrogens (tertiary/aromatic N) is 2. The van der Waals surface area contributed by atoms with E-state index in [-0.39, 0.29) is 27.7 Å². The number of anilines is 1. The number of hydrogen-bond acceptors (Lipinski definition) is 4. The molecular formula is C25H27Cl3F3N3O4S. The second-order valence-electron chi connectivity index (χ2n) is 9.37. The van der Waals surface area contributed by atoms with E-state index in [0.29, 0.717) is 22.0 Å². The lowest BCUT2D eigenvalue weighted by atomic mass is 10.1. The Balaban J connectivity index is 1.97. The van der Waals surface area contributed by atoms with Gasteiger partial charge < -0.3 is 10.2 Å². The van der Waals surface area contributed by atoms with E-state index < -0.39 is 51.9 Å². The van der Waals surface area contributed by atoms with Crippen LogP contribution >= 0.6 is 34.8 Å². The number of amides is 2. The lowest BCUT2D eigenvalue weighted by Crippen LogP contribution is -2.52. The van der Waals surface area contributed by atoms with Crippen LogP contribution in [0.1, 0.15) is 43.7 Å². The summed E-state index contributed by atoms with van der Waals surface area (Å²) < 4.78 is 66.0. The van der Waals surface area contributed by atoms with Gasteiger partial charge in [0.25, 0.3) is 0 Å². The van der Waals surface area contributed by atoms with Gasteiger partial charge in [-0.15, -0.1) is 0 Å². The molecule has 1 aliphatic rings. The molecule has 14 heteroatoms. The van der Waals surface area contributed by atoms with Gasteiger partial charge in [0.15, 0.2) is 0 Å². The molecule has 0 aliphatic heterocycles. The number of halogens is 6. The monoisotopic (exact) mass is 627 g/mol. The summed E-state index contributed by atoms with van der Waals surface area (Å²) in [6.07, 6.45) is -0.502. The largest absolute Gasteiger partial charge is 0.416 e. The summed E-state index contributed by atoms with van der Waals surface area (Å²) in [6.45, 7) is 0.437. The average molecular weight is 629 g/mol. The van der Waals surface area contributed by atoms with Crippen LogP contribution in [0.25, 0.3) is 0 Å². The van der Waals surface area contributed by atoms with Gasteiger partial charge in [0, 0.05) is 12.6 Å². The van der Waals surface area contributed by atoms with Gasteiger partial charge in [0.1, 0.15) is 12.6 Å². The van der Waals surface area contributed by atoms with Gasteiger partial charge in [0.2, 0.25) is 21.8 Å². The lowest BCUT2D eigenvalue weighted by molar-refractivity contribution is -0.139. The van der Waals surface area contributed by atoms with Gasteiger partial charge in [-0.2, -0.15) is 13.2 Å². The normalized spacial score (nSPS) is 15.2. The minimum absolute atomic E-state index is 0.0432. The fourth-order valence-corrected chi connectivity index (χ4v) is 5.73. The molecule has 3 rings (SSSR count). The SMILES string of the molecule is C[C@@H](C(=O)NC1CCCC1)N(Cc1ccc(Cl)c(Cl)c1)C(=O)CN(c1cc(C(F)(F)F)ccc1Cl)S(C)(=O)=O. The number of alkyl halides is 3. The molecule has 2 aromatic carbocycles. The van der Waals surface area contributed by atoms with E-state index in [4.69, 9.17) is 34.8 Å². The van der Waals surface area contributed by atoms with Crippen LogP contribution in [0.3, 0.4) is 0 Å². The Morgan fingerprint density at radius 1 is 1.03 bits per heavy atom. The van der Waals surface area contributed by atoms with Crippen LogP contribution in [-0.2, 0) is 32.3 Å². The fourth-order valence-electron chi connectivity index (χ4n) is 4.28. The molecule has 1 saturated carbocycles. The molecule has 1 N–H and O–H groups in total. The molecule has 0 bridgehead atoms. The number of hydrogen-bond donors (Lipinski definition) is 1. The summed E-state index contributed by atoms with van der Waals surface area (Å²) in [5.74, 6) is -1.28. The molecular weight excluding hydrogens is 602 g/mol. The van der Waals surface area contributed by atoms with E-state index in [1.165, 1.54) is 19.1 Å². The number of benzene rings is 2. The van der Waals surface area contributed by atoms with Crippen LogP contribution in [0, 0.1) is 0 Å². The van der Waals surface area contributed by atoms with Crippen LogP contribution in [-0.4, -0.2) is 50.0 Å². The summed E-state index contributed by atoms with van der Waals surface area (Å²) >= 11 is 18.2. The van der Waals surface area contributed by atoms with Crippen molar-refractivity contribution in [3.63, 3.8) is 0 Å². The van der Waals surface area contributed by atoms with Crippen molar-refractivity contribution in [1.82, 2.24) is 10.2 Å². The zero-order valence-corrected chi connectivity index (χ0v) is 24.1. The maximum absolute atomic E-state index is 13.6. The molecule has 1 atom stereocenters. The van der Waals surface area contributed by atoms with E-state index in [9.17, 15) is 31.2 Å². The smallest absolute Gasteiger partial charge is 0.352 e. The van der Waals surface area contributed by atoms with Gasteiger partial charge in [-0.25, -0.2) is 8.42 Å². The third-order valence-corrected chi connectivity index (χ3v) is 8.61. The van der Waals surface area contributed by atoms with Crippen molar-refractivity contribution in [3.8, 4) is 0 Å².